The fourth-order valence-electron chi connectivity index (χ4n) is 1.61. The second kappa shape index (κ2) is 6.10. The van der Waals surface area contributed by atoms with E-state index in [9.17, 15) is 9.59 Å². The van der Waals surface area contributed by atoms with Gasteiger partial charge in [0.05, 0.1) is 0 Å². The standard InChI is InChI=1S/C12H18N2O2/c1-3-7-14(8-4-2)12(16)10-5-6-13-11(15)9-10/h5-6,9H,3-4,7-8H2,1-2H3,(H,13,15). The number of rotatable bonds is 5. The Morgan fingerprint density at radius 3 is 2.44 bits per heavy atom. The van der Waals surface area contributed by atoms with Crippen LogP contribution in [-0.4, -0.2) is 28.9 Å². The smallest absolute Gasteiger partial charge is 0.254 e. The van der Waals surface area contributed by atoms with Gasteiger partial charge in [0.1, 0.15) is 0 Å². The highest BCUT2D eigenvalue weighted by molar-refractivity contribution is 5.94. The van der Waals surface area contributed by atoms with Gasteiger partial charge in [0.15, 0.2) is 0 Å². The minimum Gasteiger partial charge on any atom is -0.339 e. The zero-order chi connectivity index (χ0) is 12.0. The highest BCUT2D eigenvalue weighted by Gasteiger charge is 2.13. The average molecular weight is 222 g/mol. The maximum absolute atomic E-state index is 12.1. The van der Waals surface area contributed by atoms with E-state index in [0.717, 1.165) is 25.9 Å². The third-order valence-corrected chi connectivity index (χ3v) is 2.30. The fourth-order valence-corrected chi connectivity index (χ4v) is 1.61. The van der Waals surface area contributed by atoms with Gasteiger partial charge in [0, 0.05) is 30.9 Å². The van der Waals surface area contributed by atoms with Crippen molar-refractivity contribution in [2.75, 3.05) is 13.1 Å². The number of aromatic nitrogens is 1. The van der Waals surface area contributed by atoms with Crippen LogP contribution in [0.25, 0.3) is 0 Å². The highest BCUT2D eigenvalue weighted by Crippen LogP contribution is 2.03. The lowest BCUT2D eigenvalue weighted by molar-refractivity contribution is 0.0755. The average Bonchev–Trinajstić information content (AvgIpc) is 2.28. The summed E-state index contributed by atoms with van der Waals surface area (Å²) in [5.74, 6) is -0.0604. The molecule has 0 unspecified atom stereocenters. The molecule has 1 aromatic rings. The van der Waals surface area contributed by atoms with Crippen LogP contribution < -0.4 is 5.56 Å². The monoisotopic (exact) mass is 222 g/mol. The molecule has 0 fully saturated rings. The molecular weight excluding hydrogens is 204 g/mol. The molecule has 1 N–H and O–H groups in total. The second-order valence-corrected chi connectivity index (χ2v) is 3.73. The first kappa shape index (κ1) is 12.5. The number of carbonyl (C=O) groups excluding carboxylic acids is 1. The van der Waals surface area contributed by atoms with Crippen molar-refractivity contribution >= 4 is 5.91 Å². The van der Waals surface area contributed by atoms with Crippen LogP contribution in [0.4, 0.5) is 0 Å². The molecule has 0 aliphatic carbocycles. The summed E-state index contributed by atoms with van der Waals surface area (Å²) in [7, 11) is 0. The normalized spacial score (nSPS) is 10.1. The zero-order valence-electron chi connectivity index (χ0n) is 9.82. The summed E-state index contributed by atoms with van der Waals surface area (Å²) in [4.78, 5) is 27.4. The molecule has 0 spiro atoms. The van der Waals surface area contributed by atoms with Crippen molar-refractivity contribution in [3.63, 3.8) is 0 Å². The molecule has 0 aromatic carbocycles. The number of nitrogens with one attached hydrogen (secondary N) is 1. The molecule has 0 aliphatic heterocycles. The molecular formula is C12H18N2O2. The molecule has 16 heavy (non-hydrogen) atoms. The first-order valence-corrected chi connectivity index (χ1v) is 5.67. The Bertz CT molecular complexity index is 392. The summed E-state index contributed by atoms with van der Waals surface area (Å²) in [5, 5.41) is 0. The van der Waals surface area contributed by atoms with Crippen LogP contribution in [0.1, 0.15) is 37.0 Å². The van der Waals surface area contributed by atoms with Crippen LogP contribution in [-0.2, 0) is 0 Å². The van der Waals surface area contributed by atoms with Gasteiger partial charge in [-0.05, 0) is 18.9 Å². The Morgan fingerprint density at radius 2 is 1.94 bits per heavy atom. The van der Waals surface area contributed by atoms with E-state index in [-0.39, 0.29) is 11.5 Å². The van der Waals surface area contributed by atoms with Gasteiger partial charge < -0.3 is 9.88 Å². The number of pyridine rings is 1. The molecule has 0 atom stereocenters. The minimum absolute atomic E-state index is 0.0604. The Balaban J connectivity index is 2.85. The van der Waals surface area contributed by atoms with Gasteiger partial charge in [-0.25, -0.2) is 0 Å². The van der Waals surface area contributed by atoms with Crippen molar-refractivity contribution in [1.82, 2.24) is 9.88 Å². The minimum atomic E-state index is -0.237. The molecule has 1 rings (SSSR count). The van der Waals surface area contributed by atoms with Gasteiger partial charge in [-0.2, -0.15) is 0 Å². The van der Waals surface area contributed by atoms with E-state index in [1.165, 1.54) is 12.3 Å². The van der Waals surface area contributed by atoms with E-state index < -0.39 is 0 Å². The third kappa shape index (κ3) is 3.22. The molecule has 1 heterocycles. The SMILES string of the molecule is CCCN(CCC)C(=O)c1cc[nH]c(=O)c1. The van der Waals surface area contributed by atoms with Gasteiger partial charge >= 0.3 is 0 Å². The van der Waals surface area contributed by atoms with Gasteiger partial charge in [-0.3, -0.25) is 9.59 Å². The second-order valence-electron chi connectivity index (χ2n) is 3.73. The largest absolute Gasteiger partial charge is 0.339 e. The van der Waals surface area contributed by atoms with Crippen molar-refractivity contribution in [2.45, 2.75) is 26.7 Å². The topological polar surface area (TPSA) is 53.2 Å². The Kier molecular flexibility index (Phi) is 4.76. The summed E-state index contributed by atoms with van der Waals surface area (Å²) >= 11 is 0. The molecule has 4 heteroatoms. The van der Waals surface area contributed by atoms with E-state index >= 15 is 0 Å². The molecule has 0 aliphatic rings. The van der Waals surface area contributed by atoms with E-state index in [1.807, 2.05) is 13.8 Å². The molecule has 0 radical (unpaired) electrons. The summed E-state index contributed by atoms with van der Waals surface area (Å²) < 4.78 is 0. The lowest BCUT2D eigenvalue weighted by Crippen LogP contribution is -2.33. The number of amides is 1. The molecule has 88 valence electrons. The fraction of sp³-hybridized carbons (Fsp3) is 0.500. The third-order valence-electron chi connectivity index (χ3n) is 2.30. The van der Waals surface area contributed by atoms with Crippen LogP contribution in [0, 0.1) is 0 Å². The summed E-state index contributed by atoms with van der Waals surface area (Å²) in [6, 6.07) is 2.99. The van der Waals surface area contributed by atoms with Crippen LogP contribution in [0.15, 0.2) is 23.1 Å². The quantitative estimate of drug-likeness (QED) is 0.823. The maximum Gasteiger partial charge on any atom is 0.254 e. The highest BCUT2D eigenvalue weighted by atomic mass is 16.2. The summed E-state index contributed by atoms with van der Waals surface area (Å²) in [6.45, 7) is 5.54. The van der Waals surface area contributed by atoms with Gasteiger partial charge in [0.2, 0.25) is 5.56 Å². The zero-order valence-corrected chi connectivity index (χ0v) is 9.82. The number of carbonyl (C=O) groups is 1. The van der Waals surface area contributed by atoms with Crippen molar-refractivity contribution in [3.05, 3.63) is 34.2 Å². The number of nitrogens with zero attached hydrogens (tertiary/aromatic N) is 1. The molecule has 1 amide bonds. The van der Waals surface area contributed by atoms with Crippen molar-refractivity contribution < 1.29 is 4.79 Å². The van der Waals surface area contributed by atoms with Crippen molar-refractivity contribution in [3.8, 4) is 0 Å². The number of hydrogen-bond donors (Lipinski definition) is 1. The van der Waals surface area contributed by atoms with Crippen molar-refractivity contribution in [1.29, 1.82) is 0 Å². The lowest BCUT2D eigenvalue weighted by atomic mass is 10.2. The van der Waals surface area contributed by atoms with E-state index in [2.05, 4.69) is 4.98 Å². The van der Waals surface area contributed by atoms with Crippen molar-refractivity contribution in [2.24, 2.45) is 0 Å². The molecule has 1 aromatic heterocycles. The predicted octanol–water partition coefficient (Wildman–Crippen LogP) is 1.64. The summed E-state index contributed by atoms with van der Waals surface area (Å²) in [5.41, 5.74) is 0.226. The Labute approximate surface area is 95.3 Å². The molecule has 0 bridgehead atoms. The van der Waals surface area contributed by atoms with Crippen LogP contribution in [0.2, 0.25) is 0 Å². The van der Waals surface area contributed by atoms with Gasteiger partial charge in [-0.1, -0.05) is 13.8 Å². The number of hydrogen-bond acceptors (Lipinski definition) is 2. The first-order valence-electron chi connectivity index (χ1n) is 5.67. The van der Waals surface area contributed by atoms with Crippen LogP contribution in [0.5, 0.6) is 0 Å². The predicted molar refractivity (Wildman–Crippen MR) is 63.5 cm³/mol. The summed E-state index contributed by atoms with van der Waals surface area (Å²) in [6.07, 6.45) is 3.36. The van der Waals surface area contributed by atoms with E-state index in [0.29, 0.717) is 5.56 Å². The Hall–Kier alpha value is -1.58. The van der Waals surface area contributed by atoms with Gasteiger partial charge in [0.25, 0.3) is 5.91 Å². The molecule has 4 nitrogen and oxygen atoms in total. The van der Waals surface area contributed by atoms with E-state index in [4.69, 9.17) is 0 Å². The maximum atomic E-state index is 12.1. The lowest BCUT2D eigenvalue weighted by Gasteiger charge is -2.21. The van der Waals surface area contributed by atoms with E-state index in [1.54, 1.807) is 11.0 Å². The Morgan fingerprint density at radius 1 is 1.31 bits per heavy atom. The number of aromatic amines is 1. The molecule has 0 saturated heterocycles. The molecule has 0 saturated carbocycles. The number of H-pyrrole nitrogens is 1. The van der Waals surface area contributed by atoms with Crippen LogP contribution >= 0.6 is 0 Å². The van der Waals surface area contributed by atoms with Crippen LogP contribution in [0.3, 0.4) is 0 Å². The first-order chi connectivity index (χ1) is 7.69. The van der Waals surface area contributed by atoms with Gasteiger partial charge in [-0.15, -0.1) is 0 Å².